The van der Waals surface area contributed by atoms with Crippen molar-refractivity contribution in [3.8, 4) is 0 Å². The molecule has 0 saturated carbocycles. The van der Waals surface area contributed by atoms with Crippen molar-refractivity contribution in [2.24, 2.45) is 0 Å². The number of rotatable bonds is 6. The Balaban J connectivity index is 1.55. The molecule has 1 N–H and O–H groups in total. The van der Waals surface area contributed by atoms with Gasteiger partial charge in [0.2, 0.25) is 11.8 Å². The van der Waals surface area contributed by atoms with E-state index >= 15 is 0 Å². The van der Waals surface area contributed by atoms with E-state index in [0.29, 0.717) is 36.3 Å². The van der Waals surface area contributed by atoms with Gasteiger partial charge in [-0.3, -0.25) is 14.4 Å². The molecular formula is C20H22N2O5. The third-order valence-corrected chi connectivity index (χ3v) is 4.70. The average molecular weight is 370 g/mol. The molecule has 7 heteroatoms. The zero-order valence-corrected chi connectivity index (χ0v) is 15.2. The summed E-state index contributed by atoms with van der Waals surface area (Å²) in [6, 6.07) is 6.43. The van der Waals surface area contributed by atoms with E-state index in [4.69, 9.17) is 4.74 Å². The third kappa shape index (κ3) is 4.24. The van der Waals surface area contributed by atoms with Crippen LogP contribution in [-0.2, 0) is 19.1 Å². The standard InChI is InChI=1S/C20H22N2O5/c1-2-27-20(26)13-6-8-14(9-7-13)21-18(24)10-11-22-16-4-3-5-17(23)15(16)12-19(22)25/h6-9H,2-5,10-12H2,1H3,(H,21,24). The van der Waals surface area contributed by atoms with Crippen LogP contribution in [-0.4, -0.2) is 41.6 Å². The molecule has 0 bridgehead atoms. The topological polar surface area (TPSA) is 92.8 Å². The smallest absolute Gasteiger partial charge is 0.338 e. The normalized spacial score (nSPS) is 16.4. The molecule has 1 aliphatic carbocycles. The summed E-state index contributed by atoms with van der Waals surface area (Å²) in [5, 5.41) is 2.75. The van der Waals surface area contributed by atoms with Gasteiger partial charge in [0.15, 0.2) is 5.78 Å². The van der Waals surface area contributed by atoms with Gasteiger partial charge in [-0.15, -0.1) is 0 Å². The largest absolute Gasteiger partial charge is 0.462 e. The number of allylic oxidation sites excluding steroid dienone is 1. The lowest BCUT2D eigenvalue weighted by Gasteiger charge is -2.22. The van der Waals surface area contributed by atoms with E-state index in [9.17, 15) is 19.2 Å². The zero-order chi connectivity index (χ0) is 19.4. The number of esters is 1. The first-order chi connectivity index (χ1) is 13.0. The molecule has 1 heterocycles. The van der Waals surface area contributed by atoms with Crippen molar-refractivity contribution in [1.82, 2.24) is 4.90 Å². The first-order valence-corrected chi connectivity index (χ1v) is 9.12. The van der Waals surface area contributed by atoms with Gasteiger partial charge in [0.1, 0.15) is 0 Å². The van der Waals surface area contributed by atoms with E-state index in [1.165, 1.54) is 0 Å². The highest BCUT2D eigenvalue weighted by molar-refractivity contribution is 6.05. The van der Waals surface area contributed by atoms with Crippen LogP contribution in [0.4, 0.5) is 5.69 Å². The number of nitrogens with zero attached hydrogens (tertiary/aromatic N) is 1. The number of carbonyl (C=O) groups is 4. The third-order valence-electron chi connectivity index (χ3n) is 4.70. The van der Waals surface area contributed by atoms with Gasteiger partial charge in [-0.2, -0.15) is 0 Å². The average Bonchev–Trinajstić information content (AvgIpc) is 2.97. The molecule has 0 aromatic heterocycles. The van der Waals surface area contributed by atoms with Crippen molar-refractivity contribution in [3.63, 3.8) is 0 Å². The predicted molar refractivity (Wildman–Crippen MR) is 97.9 cm³/mol. The summed E-state index contributed by atoms with van der Waals surface area (Å²) < 4.78 is 4.91. The molecule has 0 unspecified atom stereocenters. The molecule has 1 aliphatic heterocycles. The quantitative estimate of drug-likeness (QED) is 0.777. The highest BCUT2D eigenvalue weighted by atomic mass is 16.5. The highest BCUT2D eigenvalue weighted by Crippen LogP contribution is 2.33. The maximum Gasteiger partial charge on any atom is 0.338 e. The first kappa shape index (κ1) is 18.8. The number of amides is 2. The molecule has 1 aromatic carbocycles. The Kier molecular flexibility index (Phi) is 5.69. The van der Waals surface area contributed by atoms with Crippen molar-refractivity contribution < 1.29 is 23.9 Å². The van der Waals surface area contributed by atoms with Gasteiger partial charge in [0.25, 0.3) is 0 Å². The molecule has 2 amide bonds. The molecule has 0 saturated heterocycles. The monoisotopic (exact) mass is 370 g/mol. The number of carbonyl (C=O) groups excluding carboxylic acids is 4. The Morgan fingerprint density at radius 2 is 1.89 bits per heavy atom. The zero-order valence-electron chi connectivity index (χ0n) is 15.2. The van der Waals surface area contributed by atoms with E-state index in [2.05, 4.69) is 5.32 Å². The van der Waals surface area contributed by atoms with Crippen LogP contribution < -0.4 is 5.32 Å². The van der Waals surface area contributed by atoms with E-state index in [-0.39, 0.29) is 37.0 Å². The van der Waals surface area contributed by atoms with E-state index in [0.717, 1.165) is 12.1 Å². The maximum atomic E-state index is 12.2. The summed E-state index contributed by atoms with van der Waals surface area (Å²) in [4.78, 5) is 49.5. The van der Waals surface area contributed by atoms with Gasteiger partial charge in [-0.05, 0) is 44.0 Å². The van der Waals surface area contributed by atoms with Crippen LogP contribution in [0.1, 0.15) is 49.4 Å². The first-order valence-electron chi connectivity index (χ1n) is 9.12. The van der Waals surface area contributed by atoms with Crippen LogP contribution in [0.5, 0.6) is 0 Å². The van der Waals surface area contributed by atoms with Crippen LogP contribution in [0, 0.1) is 0 Å². The fraction of sp³-hybridized carbons (Fsp3) is 0.400. The Morgan fingerprint density at radius 1 is 1.15 bits per heavy atom. The Bertz CT molecular complexity index is 810. The van der Waals surface area contributed by atoms with Crippen LogP contribution in [0.2, 0.25) is 0 Å². The fourth-order valence-corrected chi connectivity index (χ4v) is 3.38. The van der Waals surface area contributed by atoms with E-state index in [1.54, 1.807) is 36.1 Å². The molecule has 0 atom stereocenters. The minimum Gasteiger partial charge on any atom is -0.462 e. The molecule has 0 spiro atoms. The van der Waals surface area contributed by atoms with Gasteiger partial charge in [-0.1, -0.05) is 0 Å². The van der Waals surface area contributed by atoms with Crippen molar-refractivity contribution in [1.29, 1.82) is 0 Å². The number of benzene rings is 1. The minimum atomic E-state index is -0.408. The Morgan fingerprint density at radius 3 is 2.59 bits per heavy atom. The lowest BCUT2D eigenvalue weighted by molar-refractivity contribution is -0.128. The molecule has 0 fully saturated rings. The number of hydrogen-bond donors (Lipinski definition) is 1. The fourth-order valence-electron chi connectivity index (χ4n) is 3.38. The number of ketones is 1. The van der Waals surface area contributed by atoms with Gasteiger partial charge < -0.3 is 15.0 Å². The van der Waals surface area contributed by atoms with Crippen LogP contribution >= 0.6 is 0 Å². The minimum absolute atomic E-state index is 0.0539. The van der Waals surface area contributed by atoms with Crippen molar-refractivity contribution in [3.05, 3.63) is 41.1 Å². The molecular weight excluding hydrogens is 348 g/mol. The van der Waals surface area contributed by atoms with Crippen LogP contribution in [0.25, 0.3) is 0 Å². The van der Waals surface area contributed by atoms with Gasteiger partial charge in [-0.25, -0.2) is 4.79 Å². The second-order valence-electron chi connectivity index (χ2n) is 6.52. The van der Waals surface area contributed by atoms with E-state index in [1.807, 2.05) is 0 Å². The van der Waals surface area contributed by atoms with Gasteiger partial charge in [0, 0.05) is 36.3 Å². The molecule has 1 aromatic rings. The summed E-state index contributed by atoms with van der Waals surface area (Å²) in [6.45, 7) is 2.30. The summed E-state index contributed by atoms with van der Waals surface area (Å²) in [5.41, 5.74) is 2.40. The van der Waals surface area contributed by atoms with Gasteiger partial charge in [0.05, 0.1) is 18.6 Å². The molecule has 3 rings (SSSR count). The second kappa shape index (κ2) is 8.16. The van der Waals surface area contributed by atoms with Crippen molar-refractivity contribution >= 4 is 29.3 Å². The molecule has 0 radical (unpaired) electrons. The lowest BCUT2D eigenvalue weighted by Crippen LogP contribution is -2.29. The number of Topliss-reactive ketones (excluding diaryl/α,β-unsaturated/α-hetero) is 1. The maximum absolute atomic E-state index is 12.2. The van der Waals surface area contributed by atoms with Crippen molar-refractivity contribution in [2.45, 2.75) is 39.0 Å². The van der Waals surface area contributed by atoms with Crippen molar-refractivity contribution in [2.75, 3.05) is 18.5 Å². The highest BCUT2D eigenvalue weighted by Gasteiger charge is 2.35. The number of hydrogen-bond acceptors (Lipinski definition) is 5. The second-order valence-corrected chi connectivity index (χ2v) is 6.52. The number of nitrogens with one attached hydrogen (secondary N) is 1. The molecule has 2 aliphatic rings. The SMILES string of the molecule is CCOC(=O)c1ccc(NC(=O)CCN2C(=O)CC3=C2CCCC3=O)cc1. The number of anilines is 1. The molecule has 27 heavy (non-hydrogen) atoms. The Hall–Kier alpha value is -2.96. The molecule has 7 nitrogen and oxygen atoms in total. The summed E-state index contributed by atoms with van der Waals surface area (Å²) in [6.07, 6.45) is 2.26. The Labute approximate surface area is 157 Å². The summed E-state index contributed by atoms with van der Waals surface area (Å²) in [5.74, 6) is -0.697. The van der Waals surface area contributed by atoms with Gasteiger partial charge >= 0.3 is 5.97 Å². The van der Waals surface area contributed by atoms with Crippen LogP contribution in [0.3, 0.4) is 0 Å². The number of ether oxygens (including phenoxy) is 1. The summed E-state index contributed by atoms with van der Waals surface area (Å²) >= 11 is 0. The van der Waals surface area contributed by atoms with E-state index < -0.39 is 5.97 Å². The lowest BCUT2D eigenvalue weighted by atomic mass is 9.95. The predicted octanol–water partition coefficient (Wildman–Crippen LogP) is 2.43. The van der Waals surface area contributed by atoms with Crippen LogP contribution in [0.15, 0.2) is 35.5 Å². The summed E-state index contributed by atoms with van der Waals surface area (Å²) in [7, 11) is 0. The molecule has 142 valence electrons.